The number of benzene rings is 1. The van der Waals surface area contributed by atoms with Gasteiger partial charge in [-0.3, -0.25) is 4.68 Å². The van der Waals surface area contributed by atoms with Gasteiger partial charge in [0.05, 0.1) is 12.2 Å². The van der Waals surface area contributed by atoms with Gasteiger partial charge < -0.3 is 5.11 Å². The molecule has 0 unspecified atom stereocenters. The molecule has 106 valence electrons. The molecule has 0 atom stereocenters. The van der Waals surface area contributed by atoms with Gasteiger partial charge in [0, 0.05) is 16.1 Å². The highest BCUT2D eigenvalue weighted by Crippen LogP contribution is 2.24. The van der Waals surface area contributed by atoms with Crippen LogP contribution < -0.4 is 0 Å². The van der Waals surface area contributed by atoms with Gasteiger partial charge in [0.25, 0.3) is 0 Å². The van der Waals surface area contributed by atoms with E-state index in [1.807, 2.05) is 45.0 Å². The second-order valence-corrected chi connectivity index (χ2v) is 6.69. The predicted octanol–water partition coefficient (Wildman–Crippen LogP) is 3.69. The number of halogens is 1. The first kappa shape index (κ1) is 14.8. The smallest absolute Gasteiger partial charge is 0.339 e. The fourth-order valence-electron chi connectivity index (χ4n) is 2.04. The molecular formula is C15H17BrN2O2. The lowest BCUT2D eigenvalue weighted by molar-refractivity contribution is 0.0694. The maximum atomic E-state index is 11.3. The summed E-state index contributed by atoms with van der Waals surface area (Å²) in [7, 11) is 0. The van der Waals surface area contributed by atoms with E-state index in [1.54, 1.807) is 10.9 Å². The normalized spacial score (nSPS) is 11.6. The third-order valence-electron chi connectivity index (χ3n) is 2.94. The van der Waals surface area contributed by atoms with Crippen molar-refractivity contribution in [3.8, 4) is 0 Å². The van der Waals surface area contributed by atoms with Crippen LogP contribution >= 0.6 is 15.9 Å². The highest BCUT2D eigenvalue weighted by molar-refractivity contribution is 9.10. The van der Waals surface area contributed by atoms with Crippen molar-refractivity contribution in [2.75, 3.05) is 0 Å². The SMILES string of the molecule is CC(C)(C)c1nn(Cc2cccc(Br)c2)cc1C(=O)O. The Morgan fingerprint density at radius 2 is 2.10 bits per heavy atom. The number of carbonyl (C=O) groups is 1. The summed E-state index contributed by atoms with van der Waals surface area (Å²) in [6.45, 7) is 6.44. The molecule has 0 aliphatic rings. The second kappa shape index (κ2) is 5.40. The summed E-state index contributed by atoms with van der Waals surface area (Å²) < 4.78 is 2.68. The van der Waals surface area contributed by atoms with Gasteiger partial charge in [-0.2, -0.15) is 5.10 Å². The highest BCUT2D eigenvalue weighted by atomic mass is 79.9. The first-order valence-corrected chi connectivity index (χ1v) is 7.12. The Balaban J connectivity index is 2.37. The molecule has 0 bridgehead atoms. The standard InChI is InChI=1S/C15H17BrN2O2/c1-15(2,3)13-12(14(19)20)9-18(17-13)8-10-5-4-6-11(16)7-10/h4-7,9H,8H2,1-3H3,(H,19,20). The van der Waals surface area contributed by atoms with Gasteiger partial charge in [0.15, 0.2) is 0 Å². The maximum Gasteiger partial charge on any atom is 0.339 e. The average molecular weight is 337 g/mol. The molecule has 2 rings (SSSR count). The van der Waals surface area contributed by atoms with Gasteiger partial charge in [-0.1, -0.05) is 48.8 Å². The third-order valence-corrected chi connectivity index (χ3v) is 3.43. The summed E-state index contributed by atoms with van der Waals surface area (Å²) in [5.74, 6) is -0.935. The Labute approximate surface area is 126 Å². The first-order chi connectivity index (χ1) is 9.27. The van der Waals surface area contributed by atoms with Gasteiger partial charge in [0.2, 0.25) is 0 Å². The summed E-state index contributed by atoms with van der Waals surface area (Å²) in [5, 5.41) is 13.7. The van der Waals surface area contributed by atoms with Gasteiger partial charge in [-0.15, -0.1) is 0 Å². The molecule has 0 saturated heterocycles. The van der Waals surface area contributed by atoms with Crippen LogP contribution in [0.3, 0.4) is 0 Å². The quantitative estimate of drug-likeness (QED) is 0.929. The van der Waals surface area contributed by atoms with Crippen LogP contribution in [0.5, 0.6) is 0 Å². The molecule has 0 spiro atoms. The minimum Gasteiger partial charge on any atom is -0.478 e. The van der Waals surface area contributed by atoms with Gasteiger partial charge in [-0.05, 0) is 17.7 Å². The van der Waals surface area contributed by atoms with E-state index in [9.17, 15) is 9.90 Å². The Kier molecular flexibility index (Phi) is 3.99. The van der Waals surface area contributed by atoms with Crippen molar-refractivity contribution >= 4 is 21.9 Å². The first-order valence-electron chi connectivity index (χ1n) is 6.33. The van der Waals surface area contributed by atoms with E-state index in [0.717, 1.165) is 10.0 Å². The Hall–Kier alpha value is -1.62. The number of hydrogen-bond acceptors (Lipinski definition) is 2. The van der Waals surface area contributed by atoms with Crippen LogP contribution in [0.1, 0.15) is 42.4 Å². The summed E-state index contributed by atoms with van der Waals surface area (Å²) in [6.07, 6.45) is 1.60. The van der Waals surface area contributed by atoms with Crippen LogP contribution in [0, 0.1) is 0 Å². The number of aromatic carboxylic acids is 1. The summed E-state index contributed by atoms with van der Waals surface area (Å²) in [6, 6.07) is 7.89. The molecule has 1 aromatic carbocycles. The Bertz CT molecular complexity index is 642. The zero-order valence-corrected chi connectivity index (χ0v) is 13.3. The number of aromatic nitrogens is 2. The van der Waals surface area contributed by atoms with E-state index in [2.05, 4.69) is 21.0 Å². The molecule has 1 N–H and O–H groups in total. The third kappa shape index (κ3) is 3.28. The number of carboxylic acids is 1. The van der Waals surface area contributed by atoms with Crippen LogP contribution in [-0.4, -0.2) is 20.9 Å². The van der Waals surface area contributed by atoms with Crippen LogP contribution in [0.2, 0.25) is 0 Å². The van der Waals surface area contributed by atoms with Crippen molar-refractivity contribution in [2.45, 2.75) is 32.7 Å². The molecule has 20 heavy (non-hydrogen) atoms. The van der Waals surface area contributed by atoms with Crippen LogP contribution in [0.25, 0.3) is 0 Å². The summed E-state index contributed by atoms with van der Waals surface area (Å²) >= 11 is 3.43. The number of carboxylic acid groups (broad SMARTS) is 1. The summed E-state index contributed by atoms with van der Waals surface area (Å²) in [5.41, 5.74) is 1.66. The maximum absolute atomic E-state index is 11.3. The molecule has 0 aliphatic carbocycles. The van der Waals surface area contributed by atoms with Crippen LogP contribution in [-0.2, 0) is 12.0 Å². The lowest BCUT2D eigenvalue weighted by atomic mass is 9.90. The molecule has 0 fully saturated rings. The number of rotatable bonds is 3. The zero-order valence-electron chi connectivity index (χ0n) is 11.7. The Morgan fingerprint density at radius 3 is 2.60 bits per heavy atom. The average Bonchev–Trinajstić information content (AvgIpc) is 2.73. The lowest BCUT2D eigenvalue weighted by Crippen LogP contribution is -2.16. The summed E-state index contributed by atoms with van der Waals surface area (Å²) in [4.78, 5) is 11.3. The van der Waals surface area contributed by atoms with E-state index in [0.29, 0.717) is 12.2 Å². The van der Waals surface area contributed by atoms with Crippen molar-refractivity contribution in [3.05, 3.63) is 51.8 Å². The zero-order chi connectivity index (χ0) is 14.9. The Morgan fingerprint density at radius 1 is 1.40 bits per heavy atom. The molecule has 0 saturated carbocycles. The molecule has 0 aliphatic heterocycles. The van der Waals surface area contributed by atoms with Crippen molar-refractivity contribution in [2.24, 2.45) is 0 Å². The van der Waals surface area contributed by atoms with Gasteiger partial charge in [-0.25, -0.2) is 4.79 Å². The van der Waals surface area contributed by atoms with Gasteiger partial charge in [0.1, 0.15) is 5.56 Å². The van der Waals surface area contributed by atoms with Gasteiger partial charge >= 0.3 is 5.97 Å². The molecule has 4 nitrogen and oxygen atoms in total. The van der Waals surface area contributed by atoms with E-state index in [-0.39, 0.29) is 11.0 Å². The molecule has 0 radical (unpaired) electrons. The molecule has 1 heterocycles. The number of nitrogens with zero attached hydrogens (tertiary/aromatic N) is 2. The number of hydrogen-bond donors (Lipinski definition) is 1. The fraction of sp³-hybridized carbons (Fsp3) is 0.333. The van der Waals surface area contributed by atoms with Crippen molar-refractivity contribution in [1.82, 2.24) is 9.78 Å². The largest absolute Gasteiger partial charge is 0.478 e. The van der Waals surface area contributed by atoms with E-state index in [1.165, 1.54) is 0 Å². The van der Waals surface area contributed by atoms with E-state index < -0.39 is 5.97 Å². The van der Waals surface area contributed by atoms with Crippen molar-refractivity contribution in [3.63, 3.8) is 0 Å². The fourth-order valence-corrected chi connectivity index (χ4v) is 2.48. The monoisotopic (exact) mass is 336 g/mol. The molecule has 5 heteroatoms. The second-order valence-electron chi connectivity index (χ2n) is 5.77. The predicted molar refractivity (Wildman–Crippen MR) is 81.1 cm³/mol. The molecular weight excluding hydrogens is 320 g/mol. The van der Waals surface area contributed by atoms with Crippen molar-refractivity contribution < 1.29 is 9.90 Å². The minimum atomic E-state index is -0.935. The molecule has 0 amide bonds. The highest BCUT2D eigenvalue weighted by Gasteiger charge is 2.25. The van der Waals surface area contributed by atoms with E-state index in [4.69, 9.17) is 0 Å². The lowest BCUT2D eigenvalue weighted by Gasteiger charge is -2.16. The van der Waals surface area contributed by atoms with E-state index >= 15 is 0 Å². The van der Waals surface area contributed by atoms with Crippen LogP contribution in [0.4, 0.5) is 0 Å². The molecule has 1 aromatic heterocycles. The topological polar surface area (TPSA) is 55.1 Å². The molecule has 2 aromatic rings. The minimum absolute atomic E-state index is 0.271. The van der Waals surface area contributed by atoms with Crippen LogP contribution in [0.15, 0.2) is 34.9 Å². The van der Waals surface area contributed by atoms with Crippen molar-refractivity contribution in [1.29, 1.82) is 0 Å².